The minimum absolute atomic E-state index is 0.269. The van der Waals surface area contributed by atoms with Gasteiger partial charge in [0.15, 0.2) is 0 Å². The van der Waals surface area contributed by atoms with Gasteiger partial charge < -0.3 is 10.1 Å². The van der Waals surface area contributed by atoms with Crippen LogP contribution in [0.1, 0.15) is 4.88 Å². The Hall–Kier alpha value is -2.70. The van der Waals surface area contributed by atoms with Gasteiger partial charge in [0.25, 0.3) is 0 Å². The summed E-state index contributed by atoms with van der Waals surface area (Å²) in [5.41, 5.74) is 2.61. The highest BCUT2D eigenvalue weighted by atomic mass is 35.5. The van der Waals surface area contributed by atoms with Crippen molar-refractivity contribution in [2.24, 2.45) is 0 Å². The third kappa shape index (κ3) is 3.34. The number of rotatable bonds is 4. The molecule has 0 aliphatic carbocycles. The summed E-state index contributed by atoms with van der Waals surface area (Å²) in [6, 6.07) is 11.8. The first-order chi connectivity index (χ1) is 13.1. The summed E-state index contributed by atoms with van der Waals surface area (Å²) in [7, 11) is 1.60. The van der Waals surface area contributed by atoms with Crippen LogP contribution in [0.3, 0.4) is 0 Å². The van der Waals surface area contributed by atoms with Crippen molar-refractivity contribution in [3.05, 3.63) is 64.5 Å². The van der Waals surface area contributed by atoms with Gasteiger partial charge in [0.05, 0.1) is 18.2 Å². The fourth-order valence-electron chi connectivity index (χ4n) is 3.01. The van der Waals surface area contributed by atoms with Crippen LogP contribution >= 0.6 is 22.9 Å². The lowest BCUT2D eigenvalue weighted by molar-refractivity contribution is 0.417. The van der Waals surface area contributed by atoms with Gasteiger partial charge in [0.2, 0.25) is 0 Å². The number of benzene rings is 2. The van der Waals surface area contributed by atoms with E-state index in [-0.39, 0.29) is 5.82 Å². The smallest absolute Gasteiger partial charge is 0.143 e. The van der Waals surface area contributed by atoms with Gasteiger partial charge in [-0.3, -0.25) is 0 Å². The zero-order chi connectivity index (χ0) is 19.0. The molecule has 0 aliphatic heterocycles. The van der Waals surface area contributed by atoms with E-state index in [4.69, 9.17) is 16.3 Å². The van der Waals surface area contributed by atoms with E-state index in [0.29, 0.717) is 22.3 Å². The maximum absolute atomic E-state index is 13.4. The lowest BCUT2D eigenvalue weighted by Gasteiger charge is -2.12. The van der Waals surface area contributed by atoms with Crippen molar-refractivity contribution in [2.75, 3.05) is 12.4 Å². The van der Waals surface area contributed by atoms with Crippen LogP contribution < -0.4 is 10.1 Å². The van der Waals surface area contributed by atoms with Crippen molar-refractivity contribution in [2.45, 2.75) is 6.92 Å². The Kier molecular flexibility index (Phi) is 4.68. The van der Waals surface area contributed by atoms with Crippen LogP contribution in [0.2, 0.25) is 5.02 Å². The predicted octanol–water partition coefficient (Wildman–Crippen LogP) is 6.21. The molecule has 1 N–H and O–H groups in total. The van der Waals surface area contributed by atoms with Crippen LogP contribution in [0.25, 0.3) is 21.3 Å². The van der Waals surface area contributed by atoms with E-state index in [1.807, 2.05) is 6.92 Å². The van der Waals surface area contributed by atoms with E-state index in [9.17, 15) is 4.39 Å². The van der Waals surface area contributed by atoms with E-state index in [1.54, 1.807) is 48.8 Å². The molecule has 0 fully saturated rings. The number of aryl methyl sites for hydroxylation is 1. The van der Waals surface area contributed by atoms with Crippen LogP contribution in [-0.4, -0.2) is 17.1 Å². The Morgan fingerprint density at radius 3 is 2.63 bits per heavy atom. The van der Waals surface area contributed by atoms with Gasteiger partial charge in [-0.1, -0.05) is 23.7 Å². The second-order valence-electron chi connectivity index (χ2n) is 5.91. The van der Waals surface area contributed by atoms with Gasteiger partial charge in [-0.05, 0) is 42.8 Å². The van der Waals surface area contributed by atoms with Crippen LogP contribution in [0, 0.1) is 12.7 Å². The highest BCUT2D eigenvalue weighted by molar-refractivity contribution is 7.19. The van der Waals surface area contributed by atoms with Crippen LogP contribution in [0.5, 0.6) is 5.75 Å². The van der Waals surface area contributed by atoms with Gasteiger partial charge in [-0.2, -0.15) is 0 Å². The molecule has 0 saturated heterocycles. The zero-order valence-corrected chi connectivity index (χ0v) is 16.2. The van der Waals surface area contributed by atoms with Gasteiger partial charge in [0.1, 0.15) is 28.5 Å². The van der Waals surface area contributed by atoms with Crippen LogP contribution in [0.15, 0.2) is 48.8 Å². The summed E-state index contributed by atoms with van der Waals surface area (Å²) in [4.78, 5) is 10.8. The normalized spacial score (nSPS) is 11.0. The van der Waals surface area contributed by atoms with Crippen molar-refractivity contribution in [1.29, 1.82) is 0 Å². The molecule has 2 aromatic carbocycles. The molecule has 0 unspecified atom stereocenters. The maximum Gasteiger partial charge on any atom is 0.143 e. The number of nitrogens with one attached hydrogen (secondary N) is 1. The van der Waals surface area contributed by atoms with Crippen LogP contribution in [-0.2, 0) is 0 Å². The average molecular weight is 400 g/mol. The Bertz CT molecular complexity index is 1130. The van der Waals surface area contributed by atoms with Crippen molar-refractivity contribution >= 4 is 44.7 Å². The van der Waals surface area contributed by atoms with Gasteiger partial charge in [-0.25, -0.2) is 14.4 Å². The molecule has 4 rings (SSSR count). The first-order valence-corrected chi connectivity index (χ1v) is 9.37. The summed E-state index contributed by atoms with van der Waals surface area (Å²) >= 11 is 7.72. The molecule has 0 aliphatic rings. The minimum Gasteiger partial charge on any atom is -0.495 e. The highest BCUT2D eigenvalue weighted by Crippen LogP contribution is 2.42. The van der Waals surface area contributed by atoms with E-state index < -0.39 is 0 Å². The Morgan fingerprint density at radius 1 is 1.11 bits per heavy atom. The molecule has 27 heavy (non-hydrogen) atoms. The van der Waals surface area contributed by atoms with E-state index in [1.165, 1.54) is 18.5 Å². The van der Waals surface area contributed by atoms with Crippen molar-refractivity contribution < 1.29 is 9.13 Å². The number of methoxy groups -OCH3 is 1. The quantitative estimate of drug-likeness (QED) is 0.443. The second-order valence-corrected chi connectivity index (χ2v) is 7.55. The first kappa shape index (κ1) is 17.7. The number of ether oxygens (including phenoxy) is 1. The topological polar surface area (TPSA) is 47.0 Å². The molecule has 2 heterocycles. The first-order valence-electron chi connectivity index (χ1n) is 8.17. The van der Waals surface area contributed by atoms with Crippen molar-refractivity contribution in [3.63, 3.8) is 0 Å². The molecular formula is C20H15ClFN3OS. The van der Waals surface area contributed by atoms with Crippen molar-refractivity contribution in [1.82, 2.24) is 9.97 Å². The molecule has 0 spiro atoms. The molecule has 0 bridgehead atoms. The zero-order valence-electron chi connectivity index (χ0n) is 14.6. The Labute approximate surface area is 164 Å². The standard InChI is InChI=1S/C20H15ClFN3OS/c1-11-17(12-3-6-14(22)7-4-12)18-19(23-10-24-20(18)27-11)25-15-9-13(21)5-8-16(15)26-2/h3-10H,1-2H3,(H,23,24,25). The third-order valence-corrected chi connectivity index (χ3v) is 5.46. The number of fused-ring (bicyclic) bond motifs is 1. The summed E-state index contributed by atoms with van der Waals surface area (Å²) < 4.78 is 18.8. The highest BCUT2D eigenvalue weighted by Gasteiger charge is 2.18. The second kappa shape index (κ2) is 7.13. The van der Waals surface area contributed by atoms with E-state index >= 15 is 0 Å². The van der Waals surface area contributed by atoms with Gasteiger partial charge in [-0.15, -0.1) is 11.3 Å². The summed E-state index contributed by atoms with van der Waals surface area (Å²) in [5.74, 6) is 1.03. The van der Waals surface area contributed by atoms with Crippen molar-refractivity contribution in [3.8, 4) is 16.9 Å². The Balaban J connectivity index is 1.90. The molecule has 0 atom stereocenters. The number of anilines is 2. The lowest BCUT2D eigenvalue weighted by atomic mass is 10.0. The average Bonchev–Trinajstić information content (AvgIpc) is 2.99. The number of halogens is 2. The molecule has 136 valence electrons. The molecule has 4 aromatic rings. The summed E-state index contributed by atoms with van der Waals surface area (Å²) in [6.07, 6.45) is 1.52. The van der Waals surface area contributed by atoms with Gasteiger partial charge in [0, 0.05) is 15.5 Å². The lowest BCUT2D eigenvalue weighted by Crippen LogP contribution is -1.98. The molecule has 0 saturated carbocycles. The number of thiophene rings is 1. The summed E-state index contributed by atoms with van der Waals surface area (Å²) in [6.45, 7) is 2.02. The van der Waals surface area contributed by atoms with E-state index in [2.05, 4.69) is 15.3 Å². The molecule has 4 nitrogen and oxygen atoms in total. The van der Waals surface area contributed by atoms with Gasteiger partial charge >= 0.3 is 0 Å². The molecule has 0 amide bonds. The monoisotopic (exact) mass is 399 g/mol. The Morgan fingerprint density at radius 2 is 1.89 bits per heavy atom. The molecule has 7 heteroatoms. The maximum atomic E-state index is 13.4. The summed E-state index contributed by atoms with van der Waals surface area (Å²) in [5, 5.41) is 4.78. The fraction of sp³-hybridized carbons (Fsp3) is 0.100. The molecular weight excluding hydrogens is 385 g/mol. The number of hydrogen-bond donors (Lipinski definition) is 1. The number of hydrogen-bond acceptors (Lipinski definition) is 5. The molecule has 2 aromatic heterocycles. The van der Waals surface area contributed by atoms with E-state index in [0.717, 1.165) is 26.2 Å². The number of aromatic nitrogens is 2. The SMILES string of the molecule is COc1ccc(Cl)cc1Nc1ncnc2sc(C)c(-c3ccc(F)cc3)c12. The predicted molar refractivity (Wildman–Crippen MR) is 109 cm³/mol. The number of nitrogens with zero attached hydrogens (tertiary/aromatic N) is 2. The fourth-order valence-corrected chi connectivity index (χ4v) is 4.19. The minimum atomic E-state index is -0.269. The third-order valence-electron chi connectivity index (χ3n) is 4.21. The molecule has 0 radical (unpaired) electrons. The van der Waals surface area contributed by atoms with Crippen LogP contribution in [0.4, 0.5) is 15.9 Å². The largest absolute Gasteiger partial charge is 0.495 e.